The van der Waals surface area contributed by atoms with E-state index in [0.29, 0.717) is 51.5 Å². The van der Waals surface area contributed by atoms with Crippen LogP contribution in [0.3, 0.4) is 0 Å². The molecule has 0 saturated carbocycles. The van der Waals surface area contributed by atoms with E-state index in [1.807, 2.05) is 35.4 Å². The lowest BCUT2D eigenvalue weighted by Crippen LogP contribution is -2.66. The maximum Gasteiger partial charge on any atom is 0.433 e. The zero-order chi connectivity index (χ0) is 28.1. The van der Waals surface area contributed by atoms with Gasteiger partial charge in [0.25, 0.3) is 5.91 Å². The van der Waals surface area contributed by atoms with E-state index in [1.165, 1.54) is 4.90 Å². The Kier molecular flexibility index (Phi) is 6.51. The number of aromatic nitrogens is 5. The molecular weight excluding hydrogens is 545 g/mol. The van der Waals surface area contributed by atoms with Crippen LogP contribution < -0.4 is 0 Å². The first-order valence-electron chi connectivity index (χ1n) is 12.8. The highest BCUT2D eigenvalue weighted by atomic mass is 35.5. The second-order valence-corrected chi connectivity index (χ2v) is 10.7. The van der Waals surface area contributed by atoms with Gasteiger partial charge >= 0.3 is 6.18 Å². The number of nitriles is 1. The minimum Gasteiger partial charge on any atom is -0.346 e. The van der Waals surface area contributed by atoms with Crippen LogP contribution in [0.15, 0.2) is 49.2 Å². The molecule has 0 aromatic carbocycles. The molecule has 206 valence electrons. The summed E-state index contributed by atoms with van der Waals surface area (Å²) in [5, 5.41) is 15.1. The van der Waals surface area contributed by atoms with Gasteiger partial charge in [0.1, 0.15) is 16.9 Å². The Hall–Kier alpha value is -3.95. The van der Waals surface area contributed by atoms with E-state index < -0.39 is 23.3 Å². The minimum atomic E-state index is -4.66. The fourth-order valence-corrected chi connectivity index (χ4v) is 5.93. The standard InChI is InChI=1S/C27H24ClF3N8O/c28-22-13-35-23(27(29,30)31)11-21(22)25(40)37-9-3-18(4-10-37)38-15-26(16-38,5-6-32)39-14-17(12-36-39)19-1-7-33-24-20(19)2-8-34-24/h1-2,7-8,11-14,18H,3-5,9-10,15-16H2,(H,33,34). The molecule has 4 aromatic rings. The Morgan fingerprint density at radius 2 is 1.98 bits per heavy atom. The van der Waals surface area contributed by atoms with Crippen molar-refractivity contribution in [3.63, 3.8) is 0 Å². The SMILES string of the molecule is N#CCC1(n2cc(-c3ccnc4[nH]ccc34)cn2)CN(C2CCN(C(=O)c3cc(C(F)(F)F)ncc3Cl)CC2)C1. The number of fused-ring (bicyclic) bond motifs is 1. The van der Waals surface area contributed by atoms with Gasteiger partial charge in [-0.1, -0.05) is 11.6 Å². The van der Waals surface area contributed by atoms with Crippen LogP contribution in [-0.2, 0) is 11.7 Å². The summed E-state index contributed by atoms with van der Waals surface area (Å²) in [4.78, 5) is 27.6. The van der Waals surface area contributed by atoms with Crippen molar-refractivity contribution < 1.29 is 18.0 Å². The van der Waals surface area contributed by atoms with Crippen LogP contribution in [0.1, 0.15) is 35.3 Å². The molecule has 0 aliphatic carbocycles. The molecule has 6 heterocycles. The lowest BCUT2D eigenvalue weighted by molar-refractivity contribution is -0.141. The summed E-state index contributed by atoms with van der Waals surface area (Å²) in [6.07, 6.45) is 5.21. The zero-order valence-electron chi connectivity index (χ0n) is 21.2. The molecule has 0 spiro atoms. The molecule has 0 radical (unpaired) electrons. The number of aromatic amines is 1. The molecule has 13 heteroatoms. The van der Waals surface area contributed by atoms with Gasteiger partial charge in [-0.15, -0.1) is 0 Å². The van der Waals surface area contributed by atoms with Crippen molar-refractivity contribution in [1.29, 1.82) is 5.26 Å². The van der Waals surface area contributed by atoms with Crippen molar-refractivity contribution in [2.45, 2.75) is 37.0 Å². The number of alkyl halides is 3. The van der Waals surface area contributed by atoms with E-state index >= 15 is 0 Å². The second kappa shape index (κ2) is 9.91. The molecule has 0 atom stereocenters. The molecule has 40 heavy (non-hydrogen) atoms. The summed E-state index contributed by atoms with van der Waals surface area (Å²) in [6.45, 7) is 2.07. The van der Waals surface area contributed by atoms with Crippen molar-refractivity contribution in [3.05, 3.63) is 65.5 Å². The van der Waals surface area contributed by atoms with Crippen LogP contribution in [0.2, 0.25) is 5.02 Å². The van der Waals surface area contributed by atoms with Crippen molar-refractivity contribution in [2.24, 2.45) is 0 Å². The molecule has 2 aliphatic rings. The van der Waals surface area contributed by atoms with E-state index in [2.05, 4.69) is 31.0 Å². The molecule has 1 amide bonds. The third kappa shape index (κ3) is 4.59. The number of piperidine rings is 1. The Labute approximate surface area is 232 Å². The first-order valence-corrected chi connectivity index (χ1v) is 13.2. The highest BCUT2D eigenvalue weighted by Crippen LogP contribution is 2.38. The van der Waals surface area contributed by atoms with Crippen molar-refractivity contribution in [2.75, 3.05) is 26.2 Å². The van der Waals surface area contributed by atoms with E-state index in [0.717, 1.165) is 28.4 Å². The van der Waals surface area contributed by atoms with Gasteiger partial charge in [-0.2, -0.15) is 23.5 Å². The van der Waals surface area contributed by atoms with Gasteiger partial charge in [0, 0.05) is 68.0 Å². The zero-order valence-corrected chi connectivity index (χ0v) is 22.0. The molecular formula is C27H24ClF3N8O. The van der Waals surface area contributed by atoms with Crippen molar-refractivity contribution in [3.8, 4) is 17.2 Å². The summed E-state index contributed by atoms with van der Waals surface area (Å²) >= 11 is 6.03. The van der Waals surface area contributed by atoms with Crippen LogP contribution in [0.25, 0.3) is 22.2 Å². The van der Waals surface area contributed by atoms with Crippen LogP contribution in [0.5, 0.6) is 0 Å². The number of amides is 1. The predicted molar refractivity (Wildman–Crippen MR) is 140 cm³/mol. The number of halogens is 4. The molecule has 9 nitrogen and oxygen atoms in total. The number of carbonyl (C=O) groups excluding carboxylic acids is 1. The first-order chi connectivity index (χ1) is 19.2. The number of pyridine rings is 2. The number of nitrogens with zero attached hydrogens (tertiary/aromatic N) is 7. The molecule has 2 aliphatic heterocycles. The summed E-state index contributed by atoms with van der Waals surface area (Å²) in [7, 11) is 0. The van der Waals surface area contributed by atoms with Crippen molar-refractivity contribution >= 4 is 28.5 Å². The van der Waals surface area contributed by atoms with Crippen molar-refractivity contribution in [1.82, 2.24) is 34.5 Å². The van der Waals surface area contributed by atoms with E-state index in [1.54, 1.807) is 6.20 Å². The molecule has 2 saturated heterocycles. The van der Waals surface area contributed by atoms with Gasteiger partial charge in [0.2, 0.25) is 0 Å². The lowest BCUT2D eigenvalue weighted by atomic mass is 9.83. The van der Waals surface area contributed by atoms with E-state index in [4.69, 9.17) is 11.6 Å². The first kappa shape index (κ1) is 26.3. The van der Waals surface area contributed by atoms with Gasteiger partial charge in [0.05, 0.1) is 29.3 Å². The van der Waals surface area contributed by atoms with Crippen LogP contribution in [-0.4, -0.2) is 72.7 Å². The van der Waals surface area contributed by atoms with Gasteiger partial charge in [-0.25, -0.2) is 4.98 Å². The highest BCUT2D eigenvalue weighted by Gasteiger charge is 2.48. The number of rotatable bonds is 5. The van der Waals surface area contributed by atoms with Gasteiger partial charge in [-0.3, -0.25) is 19.4 Å². The number of hydrogen-bond donors (Lipinski definition) is 1. The predicted octanol–water partition coefficient (Wildman–Crippen LogP) is 4.72. The molecule has 0 unspecified atom stereocenters. The Morgan fingerprint density at radius 1 is 1.20 bits per heavy atom. The average molecular weight is 569 g/mol. The molecule has 1 N–H and O–H groups in total. The topological polar surface area (TPSA) is 107 Å². The number of likely N-dealkylation sites (tertiary alicyclic amines) is 2. The molecule has 4 aromatic heterocycles. The van der Waals surface area contributed by atoms with Gasteiger partial charge in [-0.05, 0) is 36.6 Å². The lowest BCUT2D eigenvalue weighted by Gasteiger charge is -2.53. The smallest absolute Gasteiger partial charge is 0.346 e. The van der Waals surface area contributed by atoms with E-state index in [9.17, 15) is 23.2 Å². The van der Waals surface area contributed by atoms with E-state index in [-0.39, 0.29) is 16.6 Å². The molecule has 2 fully saturated rings. The molecule has 0 bridgehead atoms. The van der Waals surface area contributed by atoms with Crippen LogP contribution in [0, 0.1) is 11.3 Å². The molecule has 6 rings (SSSR count). The summed E-state index contributed by atoms with van der Waals surface area (Å²) in [5.41, 5.74) is 0.951. The summed E-state index contributed by atoms with van der Waals surface area (Å²) < 4.78 is 41.2. The number of nitrogens with one attached hydrogen (secondary N) is 1. The Bertz CT molecular complexity index is 1610. The highest BCUT2D eigenvalue weighted by molar-refractivity contribution is 6.33. The largest absolute Gasteiger partial charge is 0.433 e. The number of H-pyrrole nitrogens is 1. The third-order valence-electron chi connectivity index (χ3n) is 7.89. The fourth-order valence-electron chi connectivity index (χ4n) is 5.75. The number of carbonyl (C=O) groups is 1. The normalized spacial score (nSPS) is 18.0. The minimum absolute atomic E-state index is 0.105. The second-order valence-electron chi connectivity index (χ2n) is 10.3. The quantitative estimate of drug-likeness (QED) is 0.373. The van der Waals surface area contributed by atoms with Gasteiger partial charge < -0.3 is 9.88 Å². The van der Waals surface area contributed by atoms with Crippen LogP contribution >= 0.6 is 11.6 Å². The maximum atomic E-state index is 13.1. The average Bonchev–Trinajstić information content (AvgIpc) is 3.60. The summed E-state index contributed by atoms with van der Waals surface area (Å²) in [6, 6.07) is 7.13. The third-order valence-corrected chi connectivity index (χ3v) is 8.19. The Morgan fingerprint density at radius 3 is 2.70 bits per heavy atom. The maximum absolute atomic E-state index is 13.1. The number of hydrogen-bond acceptors (Lipinski definition) is 6. The van der Waals surface area contributed by atoms with Gasteiger partial charge in [0.15, 0.2) is 0 Å². The monoisotopic (exact) mass is 568 g/mol. The van der Waals surface area contributed by atoms with Crippen LogP contribution in [0.4, 0.5) is 13.2 Å². The Balaban J connectivity index is 1.12. The fraction of sp³-hybridized carbons (Fsp3) is 0.370. The summed E-state index contributed by atoms with van der Waals surface area (Å²) in [5.74, 6) is -0.532.